The number of halogens is 1. The van der Waals surface area contributed by atoms with E-state index in [0.717, 1.165) is 62.9 Å². The molecule has 4 aliphatic rings. The molecule has 2 aromatic heterocycles. The summed E-state index contributed by atoms with van der Waals surface area (Å²) in [5.41, 5.74) is 1.87. The van der Waals surface area contributed by atoms with E-state index in [4.69, 9.17) is 9.15 Å². The van der Waals surface area contributed by atoms with E-state index in [1.807, 2.05) is 41.3 Å². The Morgan fingerprint density at radius 3 is 2.50 bits per heavy atom. The van der Waals surface area contributed by atoms with Gasteiger partial charge in [-0.05, 0) is 57.6 Å². The molecule has 0 unspecified atom stereocenters. The van der Waals surface area contributed by atoms with Gasteiger partial charge in [-0.25, -0.2) is 4.39 Å². The number of hydrogen-bond acceptors (Lipinski definition) is 9. The lowest BCUT2D eigenvalue weighted by atomic mass is 10.0. The fourth-order valence-electron chi connectivity index (χ4n) is 8.42. The van der Waals surface area contributed by atoms with E-state index < -0.39 is 17.2 Å². The number of ether oxygens (including phenoxy) is 1. The maximum absolute atomic E-state index is 16.5. The van der Waals surface area contributed by atoms with Gasteiger partial charge in [-0.15, -0.1) is 0 Å². The van der Waals surface area contributed by atoms with Crippen LogP contribution in [-0.2, 0) is 4.79 Å². The number of carbonyl (C=O) groups excluding carboxylic acids is 2. The van der Waals surface area contributed by atoms with Crippen molar-refractivity contribution >= 4 is 50.3 Å². The van der Waals surface area contributed by atoms with Crippen LogP contribution in [0.15, 0.2) is 57.9 Å². The number of piperazine rings is 1. The SMILES string of the molecule is C.CN1CCN(CCC(=O)N[C@@H]2CCN(c3c(F)cc4c(=O)c(C(=O)NCCN5CCCC5)cn5c4c3Oc3cc4c(cc3-5)oc3ccccc34)C2)CC1. The summed E-state index contributed by atoms with van der Waals surface area (Å²) >= 11 is 0. The van der Waals surface area contributed by atoms with Crippen LogP contribution in [0.1, 0.15) is 43.5 Å². The number of likely N-dealkylation sites (N-methyl/N-ethyl adjacent to an activating group) is 1. The van der Waals surface area contributed by atoms with Gasteiger partial charge in [0, 0.05) is 94.4 Å². The summed E-state index contributed by atoms with van der Waals surface area (Å²) in [6, 6.07) is 12.5. The molecule has 5 aromatic rings. The van der Waals surface area contributed by atoms with Crippen LogP contribution in [0.4, 0.5) is 10.1 Å². The van der Waals surface area contributed by atoms with Crippen LogP contribution in [0.2, 0.25) is 0 Å². The molecule has 0 aliphatic carbocycles. The van der Waals surface area contributed by atoms with Gasteiger partial charge in [0.1, 0.15) is 27.9 Å². The highest BCUT2D eigenvalue weighted by molar-refractivity contribution is 6.07. The third kappa shape index (κ3) is 6.58. The van der Waals surface area contributed by atoms with Crippen molar-refractivity contribution in [2.75, 3.05) is 83.9 Å². The smallest absolute Gasteiger partial charge is 0.256 e. The Balaban J connectivity index is 0.00000413. The second-order valence-electron chi connectivity index (χ2n) is 14.9. The van der Waals surface area contributed by atoms with Crippen LogP contribution in [0.3, 0.4) is 0 Å². The number of nitrogens with one attached hydrogen (secondary N) is 2. The molecule has 0 bridgehead atoms. The molecule has 3 aromatic carbocycles. The first-order valence-corrected chi connectivity index (χ1v) is 18.8. The number of para-hydroxylation sites is 1. The molecule has 4 aliphatic heterocycles. The average molecular weight is 738 g/mol. The molecule has 284 valence electrons. The van der Waals surface area contributed by atoms with E-state index in [-0.39, 0.29) is 41.8 Å². The summed E-state index contributed by atoms with van der Waals surface area (Å²) in [5, 5.41) is 7.88. The summed E-state index contributed by atoms with van der Waals surface area (Å²) in [4.78, 5) is 49.4. The van der Waals surface area contributed by atoms with Crippen LogP contribution in [0.25, 0.3) is 38.5 Å². The van der Waals surface area contributed by atoms with E-state index in [0.29, 0.717) is 73.7 Å². The topological polar surface area (TPSA) is 116 Å². The van der Waals surface area contributed by atoms with Crippen molar-refractivity contribution in [3.05, 3.63) is 70.3 Å². The number of amides is 2. The summed E-state index contributed by atoms with van der Waals surface area (Å²) in [7, 11) is 2.11. The number of hydrogen-bond donors (Lipinski definition) is 2. The Labute approximate surface area is 313 Å². The van der Waals surface area contributed by atoms with Crippen LogP contribution in [-0.4, -0.2) is 116 Å². The number of likely N-dealkylation sites (tertiary alicyclic amines) is 1. The quantitative estimate of drug-likeness (QED) is 0.213. The van der Waals surface area contributed by atoms with Crippen LogP contribution < -0.4 is 25.7 Å². The molecule has 0 spiro atoms. The van der Waals surface area contributed by atoms with E-state index in [1.54, 1.807) is 10.8 Å². The third-order valence-corrected chi connectivity index (χ3v) is 11.4. The minimum absolute atomic E-state index is 0. The van der Waals surface area contributed by atoms with Gasteiger partial charge >= 0.3 is 0 Å². The Morgan fingerprint density at radius 1 is 0.907 bits per heavy atom. The zero-order valence-corrected chi connectivity index (χ0v) is 30.0. The van der Waals surface area contributed by atoms with Gasteiger partial charge in [0.05, 0.1) is 11.1 Å². The molecule has 3 saturated heterocycles. The number of carbonyl (C=O) groups is 2. The number of nitrogens with zero attached hydrogens (tertiary/aromatic N) is 5. The van der Waals surface area contributed by atoms with Crippen molar-refractivity contribution in [3.8, 4) is 17.2 Å². The number of rotatable bonds is 9. The van der Waals surface area contributed by atoms with Crippen LogP contribution >= 0.6 is 0 Å². The number of fused-ring (bicyclic) bond motifs is 5. The normalized spacial score (nSPS) is 18.9. The molecule has 9 rings (SSSR count). The second-order valence-corrected chi connectivity index (χ2v) is 14.9. The fraction of sp³-hybridized carbons (Fsp3) is 0.439. The molecule has 2 amide bonds. The maximum atomic E-state index is 16.5. The van der Waals surface area contributed by atoms with Crippen LogP contribution in [0.5, 0.6) is 11.5 Å². The Hall–Kier alpha value is -4.98. The average Bonchev–Trinajstić information content (AvgIpc) is 3.92. The number of anilines is 1. The summed E-state index contributed by atoms with van der Waals surface area (Å²) in [6.07, 6.45) is 4.88. The van der Waals surface area contributed by atoms with Crippen molar-refractivity contribution in [1.82, 2.24) is 29.9 Å². The van der Waals surface area contributed by atoms with Gasteiger partial charge in [0.25, 0.3) is 5.91 Å². The fourth-order valence-corrected chi connectivity index (χ4v) is 8.42. The van der Waals surface area contributed by atoms with Crippen molar-refractivity contribution in [2.45, 2.75) is 39.2 Å². The Bertz CT molecular complexity index is 2310. The predicted octanol–water partition coefficient (Wildman–Crippen LogP) is 4.93. The molecule has 6 heterocycles. The maximum Gasteiger partial charge on any atom is 0.256 e. The first-order chi connectivity index (χ1) is 25.8. The highest BCUT2D eigenvalue weighted by Crippen LogP contribution is 2.49. The lowest BCUT2D eigenvalue weighted by molar-refractivity contribution is -0.122. The number of aromatic nitrogens is 1. The summed E-state index contributed by atoms with van der Waals surface area (Å²) in [5.74, 6) is -0.489. The van der Waals surface area contributed by atoms with Gasteiger partial charge in [-0.2, -0.15) is 0 Å². The largest absolute Gasteiger partial charge is 0.456 e. The molecule has 1 atom stereocenters. The van der Waals surface area contributed by atoms with Gasteiger partial charge in [-0.1, -0.05) is 25.6 Å². The zero-order valence-electron chi connectivity index (χ0n) is 30.0. The molecule has 13 heteroatoms. The van der Waals surface area contributed by atoms with E-state index in [9.17, 15) is 14.4 Å². The first kappa shape index (κ1) is 36.0. The molecule has 0 radical (unpaired) electrons. The van der Waals surface area contributed by atoms with E-state index in [2.05, 4.69) is 32.4 Å². The zero-order chi connectivity index (χ0) is 36.2. The third-order valence-electron chi connectivity index (χ3n) is 11.4. The summed E-state index contributed by atoms with van der Waals surface area (Å²) in [6.45, 7) is 8.57. The van der Waals surface area contributed by atoms with Crippen molar-refractivity contribution in [3.63, 3.8) is 0 Å². The highest BCUT2D eigenvalue weighted by Gasteiger charge is 2.34. The second kappa shape index (κ2) is 14.7. The van der Waals surface area contributed by atoms with Gasteiger partial charge < -0.3 is 44.0 Å². The number of furan rings is 1. The van der Waals surface area contributed by atoms with Crippen molar-refractivity contribution < 1.29 is 23.1 Å². The standard InChI is InChI=1S/C40H44FN7O5.CH4/c1-44-16-18-46(19-17-44)13-9-35(49)43-25-8-14-47(23-25)37-30(41)20-28-36-39(37)53-34-21-27-26-6-2-3-7-32(26)52-33(27)22-31(34)48(36)24-29(38(28)50)40(51)42-10-15-45-11-4-5-12-45;/h2-3,6-7,20-22,24-25H,4-5,8-19,23H2,1H3,(H,42,51)(H,43,49);1H4/t25-;/m1./s1. The molecule has 54 heavy (non-hydrogen) atoms. The first-order valence-electron chi connectivity index (χ1n) is 18.8. The van der Waals surface area contributed by atoms with E-state index >= 15 is 4.39 Å². The van der Waals surface area contributed by atoms with E-state index in [1.165, 1.54) is 6.07 Å². The molecular weight excluding hydrogens is 689 g/mol. The Morgan fingerprint density at radius 2 is 1.69 bits per heavy atom. The lowest BCUT2D eigenvalue weighted by Crippen LogP contribution is -2.46. The van der Waals surface area contributed by atoms with Crippen molar-refractivity contribution in [2.24, 2.45) is 0 Å². The van der Waals surface area contributed by atoms with Gasteiger partial charge in [0.2, 0.25) is 11.3 Å². The molecule has 12 nitrogen and oxygen atoms in total. The predicted molar refractivity (Wildman–Crippen MR) is 209 cm³/mol. The molecule has 0 saturated carbocycles. The molecule has 2 N–H and O–H groups in total. The van der Waals surface area contributed by atoms with Crippen molar-refractivity contribution in [1.29, 1.82) is 0 Å². The minimum atomic E-state index is -0.622. The minimum Gasteiger partial charge on any atom is -0.456 e. The summed E-state index contributed by atoms with van der Waals surface area (Å²) < 4.78 is 31.1. The van der Waals surface area contributed by atoms with Gasteiger partial charge in [-0.3, -0.25) is 14.4 Å². The molecule has 3 fully saturated rings. The van der Waals surface area contributed by atoms with Crippen LogP contribution in [0, 0.1) is 5.82 Å². The lowest BCUT2D eigenvalue weighted by Gasteiger charge is -2.32. The molecular formula is C41H48FN7O5. The number of benzene rings is 3. The van der Waals surface area contributed by atoms with Gasteiger partial charge in [0.15, 0.2) is 17.3 Å². The monoisotopic (exact) mass is 737 g/mol. The number of pyridine rings is 1. The Kier molecular flexibility index (Phi) is 9.80. The highest BCUT2D eigenvalue weighted by atomic mass is 19.1.